The summed E-state index contributed by atoms with van der Waals surface area (Å²) < 4.78 is 1.69. The lowest BCUT2D eigenvalue weighted by molar-refractivity contribution is 0.277. The lowest BCUT2D eigenvalue weighted by atomic mass is 10.2. The summed E-state index contributed by atoms with van der Waals surface area (Å²) in [5, 5.41) is 21.2. The number of nitrogens with zero attached hydrogens (tertiary/aromatic N) is 5. The van der Waals surface area contributed by atoms with Crippen LogP contribution in [0.5, 0.6) is 5.88 Å². The van der Waals surface area contributed by atoms with Gasteiger partial charge < -0.3 is 20.7 Å². The number of fused-ring (bicyclic) bond motifs is 1. The zero-order chi connectivity index (χ0) is 20.7. The summed E-state index contributed by atoms with van der Waals surface area (Å²) in [5.74, 6) is 1.05. The van der Waals surface area contributed by atoms with Crippen molar-refractivity contribution in [1.82, 2.24) is 34.4 Å². The molecule has 0 radical (unpaired) electrons. The maximum absolute atomic E-state index is 11.5. The third-order valence-electron chi connectivity index (χ3n) is 5.90. The van der Waals surface area contributed by atoms with Crippen LogP contribution in [0.25, 0.3) is 5.65 Å². The van der Waals surface area contributed by atoms with E-state index in [1.54, 1.807) is 10.7 Å². The van der Waals surface area contributed by atoms with Crippen LogP contribution in [0.3, 0.4) is 0 Å². The molecule has 1 saturated carbocycles. The van der Waals surface area contributed by atoms with E-state index in [2.05, 4.69) is 42.5 Å². The van der Waals surface area contributed by atoms with Gasteiger partial charge in [-0.2, -0.15) is 19.6 Å². The molecule has 1 aliphatic heterocycles. The molecule has 1 unspecified atom stereocenters. The Kier molecular flexibility index (Phi) is 4.81. The van der Waals surface area contributed by atoms with Gasteiger partial charge in [0.25, 0.3) is 0 Å². The van der Waals surface area contributed by atoms with Crippen molar-refractivity contribution < 1.29 is 5.11 Å². The van der Waals surface area contributed by atoms with Crippen LogP contribution in [0, 0.1) is 0 Å². The van der Waals surface area contributed by atoms with E-state index in [0.29, 0.717) is 41.7 Å². The molecule has 30 heavy (non-hydrogen) atoms. The number of aromatic hydroxyl groups is 1. The highest BCUT2D eigenvalue weighted by Gasteiger charge is 2.26. The average Bonchev–Trinajstić information content (AvgIpc) is 3.13. The molecule has 0 amide bonds. The molecule has 11 nitrogen and oxygen atoms in total. The van der Waals surface area contributed by atoms with Crippen LogP contribution in [0.4, 0.5) is 11.9 Å². The Morgan fingerprint density at radius 1 is 1.27 bits per heavy atom. The monoisotopic (exact) mass is 413 g/mol. The molecule has 11 heteroatoms. The van der Waals surface area contributed by atoms with Crippen LogP contribution >= 0.6 is 0 Å². The molecule has 2 aliphatic rings. The van der Waals surface area contributed by atoms with Crippen LogP contribution in [-0.4, -0.2) is 71.3 Å². The van der Waals surface area contributed by atoms with Crippen molar-refractivity contribution in [1.29, 1.82) is 0 Å². The number of hydrogen-bond donors (Lipinski definition) is 5. The normalized spacial score (nSPS) is 19.6. The topological polar surface area (TPSA) is 139 Å². The minimum atomic E-state index is -0.441. The molecular weight excluding hydrogens is 386 g/mol. The number of aromatic amines is 2. The van der Waals surface area contributed by atoms with Crippen LogP contribution in [-0.2, 0) is 6.42 Å². The number of hydrogen-bond acceptors (Lipinski definition) is 8. The van der Waals surface area contributed by atoms with Crippen molar-refractivity contribution in [2.75, 3.05) is 30.3 Å². The van der Waals surface area contributed by atoms with E-state index in [-0.39, 0.29) is 5.88 Å². The minimum Gasteiger partial charge on any atom is -0.493 e. The third-order valence-corrected chi connectivity index (χ3v) is 5.90. The number of imidazole rings is 1. The van der Waals surface area contributed by atoms with E-state index in [1.807, 2.05) is 0 Å². The molecule has 1 atom stereocenters. The van der Waals surface area contributed by atoms with Crippen LogP contribution in [0.15, 0.2) is 11.0 Å². The largest absolute Gasteiger partial charge is 0.493 e. The van der Waals surface area contributed by atoms with Gasteiger partial charge in [0.05, 0.1) is 11.9 Å². The Morgan fingerprint density at radius 3 is 2.87 bits per heavy atom. The first-order chi connectivity index (χ1) is 14.6. The van der Waals surface area contributed by atoms with E-state index in [0.717, 1.165) is 38.0 Å². The number of anilines is 2. The molecule has 160 valence electrons. The van der Waals surface area contributed by atoms with Gasteiger partial charge in [-0.1, -0.05) is 6.92 Å². The second-order valence-corrected chi connectivity index (χ2v) is 8.08. The molecule has 3 aromatic rings. The van der Waals surface area contributed by atoms with Gasteiger partial charge in [-0.05, 0) is 38.8 Å². The Bertz CT molecular complexity index is 1100. The minimum absolute atomic E-state index is 0.163. The van der Waals surface area contributed by atoms with Gasteiger partial charge in [0.2, 0.25) is 17.8 Å². The Balaban J connectivity index is 1.44. The summed E-state index contributed by atoms with van der Waals surface area (Å²) >= 11 is 0. The Hall–Kier alpha value is -3.08. The van der Waals surface area contributed by atoms with Crippen LogP contribution in [0.1, 0.15) is 43.9 Å². The molecule has 0 spiro atoms. The zero-order valence-corrected chi connectivity index (χ0v) is 17.0. The van der Waals surface area contributed by atoms with Gasteiger partial charge in [0.15, 0.2) is 5.65 Å². The second kappa shape index (κ2) is 7.63. The first kappa shape index (κ1) is 18.9. The zero-order valence-electron chi connectivity index (χ0n) is 17.0. The van der Waals surface area contributed by atoms with Gasteiger partial charge in [0, 0.05) is 30.6 Å². The SMILES string of the molecule is CCN1CCCC1CNc1nc(NC2CC2)n2ncc(Cc3[nH]c(=O)[nH]c3O)c2n1. The molecular formula is C19H27N9O2. The summed E-state index contributed by atoms with van der Waals surface area (Å²) in [6, 6.07) is 0.903. The van der Waals surface area contributed by atoms with Crippen molar-refractivity contribution in [3.63, 3.8) is 0 Å². The van der Waals surface area contributed by atoms with Gasteiger partial charge in [-0.15, -0.1) is 0 Å². The van der Waals surface area contributed by atoms with Crippen molar-refractivity contribution in [2.24, 2.45) is 0 Å². The maximum atomic E-state index is 11.5. The van der Waals surface area contributed by atoms with E-state index < -0.39 is 5.69 Å². The molecule has 2 fully saturated rings. The number of likely N-dealkylation sites (tertiary alicyclic amines) is 1. The van der Waals surface area contributed by atoms with Gasteiger partial charge >= 0.3 is 5.69 Å². The van der Waals surface area contributed by atoms with Crippen LogP contribution in [0.2, 0.25) is 0 Å². The highest BCUT2D eigenvalue weighted by atomic mass is 16.3. The molecule has 3 aromatic heterocycles. The Labute approximate surface area is 172 Å². The predicted octanol–water partition coefficient (Wildman–Crippen LogP) is 0.908. The molecule has 0 aromatic carbocycles. The lowest BCUT2D eigenvalue weighted by Gasteiger charge is -2.23. The molecule has 1 aliphatic carbocycles. The average molecular weight is 413 g/mol. The molecule has 1 saturated heterocycles. The van der Waals surface area contributed by atoms with Crippen molar-refractivity contribution in [3.8, 4) is 5.88 Å². The summed E-state index contributed by atoms with van der Waals surface area (Å²) in [6.07, 6.45) is 6.64. The first-order valence-corrected chi connectivity index (χ1v) is 10.6. The molecule has 0 bridgehead atoms. The van der Waals surface area contributed by atoms with E-state index in [9.17, 15) is 9.90 Å². The third kappa shape index (κ3) is 3.72. The predicted molar refractivity (Wildman–Crippen MR) is 112 cm³/mol. The smallest absolute Gasteiger partial charge is 0.325 e. The van der Waals surface area contributed by atoms with E-state index in [1.165, 1.54) is 12.8 Å². The summed E-state index contributed by atoms with van der Waals surface area (Å²) in [7, 11) is 0. The molecule has 5 rings (SSSR count). The quantitative estimate of drug-likeness (QED) is 0.367. The number of nitrogens with one attached hydrogen (secondary N) is 4. The number of H-pyrrole nitrogens is 2. The first-order valence-electron chi connectivity index (χ1n) is 10.6. The van der Waals surface area contributed by atoms with Gasteiger partial charge in [-0.3, -0.25) is 9.88 Å². The van der Waals surface area contributed by atoms with Gasteiger partial charge in [-0.25, -0.2) is 4.79 Å². The highest BCUT2D eigenvalue weighted by molar-refractivity contribution is 5.56. The number of rotatable bonds is 8. The fraction of sp³-hybridized carbons (Fsp3) is 0.579. The van der Waals surface area contributed by atoms with E-state index in [4.69, 9.17) is 4.98 Å². The summed E-state index contributed by atoms with van der Waals surface area (Å²) in [6.45, 7) is 5.17. The van der Waals surface area contributed by atoms with E-state index >= 15 is 0 Å². The van der Waals surface area contributed by atoms with Gasteiger partial charge in [0.1, 0.15) is 0 Å². The fourth-order valence-electron chi connectivity index (χ4n) is 4.11. The fourth-order valence-corrected chi connectivity index (χ4v) is 4.11. The van der Waals surface area contributed by atoms with Crippen LogP contribution < -0.4 is 16.3 Å². The van der Waals surface area contributed by atoms with Crippen molar-refractivity contribution in [2.45, 2.75) is 51.1 Å². The summed E-state index contributed by atoms with van der Waals surface area (Å²) in [5.41, 5.74) is 1.41. The maximum Gasteiger partial charge on any atom is 0.325 e. The summed E-state index contributed by atoms with van der Waals surface area (Å²) in [4.78, 5) is 28.3. The van der Waals surface area contributed by atoms with Crippen molar-refractivity contribution in [3.05, 3.63) is 27.9 Å². The number of aromatic nitrogens is 6. The lowest BCUT2D eigenvalue weighted by Crippen LogP contribution is -2.35. The molecule has 5 N–H and O–H groups in total. The molecule has 4 heterocycles. The number of likely N-dealkylation sites (N-methyl/N-ethyl adjacent to an activating group) is 1. The Morgan fingerprint density at radius 2 is 2.13 bits per heavy atom. The second-order valence-electron chi connectivity index (χ2n) is 8.08. The highest BCUT2D eigenvalue weighted by Crippen LogP contribution is 2.26. The van der Waals surface area contributed by atoms with Crippen molar-refractivity contribution >= 4 is 17.5 Å². The standard InChI is InChI=1S/C19H27N9O2/c1-2-27-7-3-4-13(27)10-20-17-24-15-11(8-14-16(29)25-19(30)23-14)9-21-28(15)18(26-17)22-12-5-6-12/h9,12-13,29H,2-8,10H2,1H3,(H2,23,25,30)(H2,20,22,24,26).